The van der Waals surface area contributed by atoms with Crippen LogP contribution in [0.25, 0.3) is 0 Å². The van der Waals surface area contributed by atoms with Crippen LogP contribution in [-0.4, -0.2) is 142 Å². The van der Waals surface area contributed by atoms with Crippen LogP contribution in [0.15, 0.2) is 12.2 Å². The van der Waals surface area contributed by atoms with Crippen molar-refractivity contribution in [2.24, 2.45) is 0 Å². The van der Waals surface area contributed by atoms with Gasteiger partial charge in [-0.2, -0.15) is 0 Å². The molecule has 0 aliphatic carbocycles. The second-order valence-corrected chi connectivity index (χ2v) is 19.8. The summed E-state index contributed by atoms with van der Waals surface area (Å²) in [4.78, 5) is 13.0. The van der Waals surface area contributed by atoms with E-state index in [0.717, 1.165) is 51.4 Å². The molecular formula is C54H102O14. The first-order valence-electron chi connectivity index (χ1n) is 27.8. The third kappa shape index (κ3) is 29.3. The number of carbonyl (C=O) groups is 1. The lowest BCUT2D eigenvalue weighted by molar-refractivity contribution is -0.332. The van der Waals surface area contributed by atoms with E-state index in [1.165, 1.54) is 148 Å². The molecule has 2 fully saturated rings. The summed E-state index contributed by atoms with van der Waals surface area (Å²) in [5.74, 6) is -0.374. The molecular weight excluding hydrogens is 873 g/mol. The standard InChI is InChI=1S/C54H102O14/c1-3-5-7-9-11-13-15-16-17-18-19-20-21-22-23-24-25-26-27-29-31-33-35-37-46(56)66-43(40-63-38-36-34-32-30-28-14-12-10-8-6-4-2)41-64-53-52(62)50(60)48(58)45(68-53)42-65-54-51(61)49(59)47(57)44(39-55)67-54/h8,10,43-45,47-55,57-62H,3-7,9,11-42H2,1-2H3/b10-8-. The molecule has 68 heavy (non-hydrogen) atoms. The monoisotopic (exact) mass is 975 g/mol. The first-order chi connectivity index (χ1) is 33.1. The molecule has 0 aromatic rings. The van der Waals surface area contributed by atoms with E-state index in [4.69, 9.17) is 28.4 Å². The molecule has 0 radical (unpaired) electrons. The second kappa shape index (κ2) is 42.3. The molecule has 402 valence electrons. The largest absolute Gasteiger partial charge is 0.457 e. The van der Waals surface area contributed by atoms with Gasteiger partial charge >= 0.3 is 5.97 Å². The average molecular weight is 975 g/mol. The van der Waals surface area contributed by atoms with Crippen molar-refractivity contribution in [2.45, 2.75) is 293 Å². The lowest BCUT2D eigenvalue weighted by atomic mass is 9.98. The molecule has 0 amide bonds. The van der Waals surface area contributed by atoms with E-state index in [1.54, 1.807) is 0 Å². The van der Waals surface area contributed by atoms with Crippen molar-refractivity contribution >= 4 is 5.97 Å². The Morgan fingerprint density at radius 1 is 0.471 bits per heavy atom. The maximum Gasteiger partial charge on any atom is 0.306 e. The highest BCUT2D eigenvalue weighted by Crippen LogP contribution is 2.27. The molecule has 2 aliphatic heterocycles. The fourth-order valence-corrected chi connectivity index (χ4v) is 9.00. The Bertz CT molecular complexity index is 1180. The van der Waals surface area contributed by atoms with Crippen LogP contribution < -0.4 is 0 Å². The summed E-state index contributed by atoms with van der Waals surface area (Å²) in [7, 11) is 0. The van der Waals surface area contributed by atoms with Crippen LogP contribution in [0.2, 0.25) is 0 Å². The van der Waals surface area contributed by atoms with Crippen molar-refractivity contribution in [1.29, 1.82) is 0 Å². The number of hydrogen-bond donors (Lipinski definition) is 7. The van der Waals surface area contributed by atoms with Crippen LogP contribution in [0.5, 0.6) is 0 Å². The van der Waals surface area contributed by atoms with Crippen molar-refractivity contribution in [3.8, 4) is 0 Å². The normalized spacial score (nSPS) is 25.9. The number of hydrogen-bond acceptors (Lipinski definition) is 14. The number of aliphatic hydroxyl groups excluding tert-OH is 7. The SMILES string of the molecule is CCC/C=C\CCCCCCCCOCC(COC1OC(COC2OC(CO)C(O)C(O)C2O)C(O)C(O)C1O)OC(=O)CCCCCCCCCCCCCCCCCCCCCCCCC. The number of unbranched alkanes of at least 4 members (excludes halogenated alkanes) is 29. The first kappa shape index (κ1) is 62.8. The van der Waals surface area contributed by atoms with Crippen molar-refractivity contribution in [1.82, 2.24) is 0 Å². The van der Waals surface area contributed by atoms with Crippen LogP contribution in [0.3, 0.4) is 0 Å². The summed E-state index contributed by atoms with van der Waals surface area (Å²) in [6.07, 6.45) is 28.6. The Hall–Kier alpha value is -1.27. The fraction of sp³-hybridized carbons (Fsp3) is 0.944. The predicted octanol–water partition coefficient (Wildman–Crippen LogP) is 9.02. The fourth-order valence-electron chi connectivity index (χ4n) is 9.00. The van der Waals surface area contributed by atoms with Gasteiger partial charge < -0.3 is 64.2 Å². The Balaban J connectivity index is 1.68. The van der Waals surface area contributed by atoms with Gasteiger partial charge in [0.25, 0.3) is 0 Å². The van der Waals surface area contributed by atoms with E-state index < -0.39 is 80.7 Å². The van der Waals surface area contributed by atoms with E-state index in [2.05, 4.69) is 26.0 Å². The summed E-state index contributed by atoms with van der Waals surface area (Å²) >= 11 is 0. The molecule has 2 heterocycles. The zero-order chi connectivity index (χ0) is 49.5. The van der Waals surface area contributed by atoms with Gasteiger partial charge in [-0.25, -0.2) is 0 Å². The topological polar surface area (TPSA) is 214 Å². The zero-order valence-electron chi connectivity index (χ0n) is 42.9. The highest BCUT2D eigenvalue weighted by molar-refractivity contribution is 5.69. The first-order valence-corrected chi connectivity index (χ1v) is 27.8. The van der Waals surface area contributed by atoms with E-state index in [1.807, 2.05) is 0 Å². The Kier molecular flexibility index (Phi) is 39.1. The van der Waals surface area contributed by atoms with Crippen LogP contribution in [0.1, 0.15) is 226 Å². The molecule has 11 atom stereocenters. The van der Waals surface area contributed by atoms with Crippen molar-refractivity contribution in [3.05, 3.63) is 12.2 Å². The van der Waals surface area contributed by atoms with Crippen LogP contribution in [-0.2, 0) is 33.2 Å². The van der Waals surface area contributed by atoms with E-state index >= 15 is 0 Å². The molecule has 0 spiro atoms. The van der Waals surface area contributed by atoms with Gasteiger partial charge in [0.05, 0.1) is 26.4 Å². The highest BCUT2D eigenvalue weighted by Gasteiger charge is 2.47. The molecule has 0 bridgehead atoms. The molecule has 2 rings (SSSR count). The third-order valence-electron chi connectivity index (χ3n) is 13.5. The molecule has 2 aliphatic rings. The minimum Gasteiger partial charge on any atom is -0.457 e. The third-order valence-corrected chi connectivity index (χ3v) is 13.5. The maximum atomic E-state index is 13.0. The van der Waals surface area contributed by atoms with Gasteiger partial charge in [-0.1, -0.05) is 199 Å². The van der Waals surface area contributed by atoms with Gasteiger partial charge in [-0.05, 0) is 32.1 Å². The lowest BCUT2D eigenvalue weighted by Gasteiger charge is -2.42. The van der Waals surface area contributed by atoms with Gasteiger partial charge in [-0.15, -0.1) is 0 Å². The van der Waals surface area contributed by atoms with E-state index in [-0.39, 0.29) is 25.6 Å². The number of carbonyl (C=O) groups excluding carboxylic acids is 1. The molecule has 2 saturated heterocycles. The van der Waals surface area contributed by atoms with Crippen LogP contribution >= 0.6 is 0 Å². The van der Waals surface area contributed by atoms with Crippen molar-refractivity contribution in [3.63, 3.8) is 0 Å². The van der Waals surface area contributed by atoms with Gasteiger partial charge in [0.15, 0.2) is 12.6 Å². The van der Waals surface area contributed by atoms with Gasteiger partial charge in [-0.3, -0.25) is 4.79 Å². The zero-order valence-corrected chi connectivity index (χ0v) is 42.9. The second-order valence-electron chi connectivity index (χ2n) is 19.8. The summed E-state index contributed by atoms with van der Waals surface area (Å²) in [6.45, 7) is 3.66. The van der Waals surface area contributed by atoms with Gasteiger partial charge in [0.2, 0.25) is 0 Å². The van der Waals surface area contributed by atoms with Gasteiger partial charge in [0, 0.05) is 13.0 Å². The summed E-state index contributed by atoms with van der Waals surface area (Å²) < 4.78 is 34.3. The Morgan fingerprint density at radius 3 is 1.40 bits per heavy atom. The number of ether oxygens (including phenoxy) is 6. The molecule has 11 unspecified atom stereocenters. The van der Waals surface area contributed by atoms with Gasteiger partial charge in [0.1, 0.15) is 54.9 Å². The lowest BCUT2D eigenvalue weighted by Crippen LogP contribution is -2.61. The van der Waals surface area contributed by atoms with Crippen molar-refractivity contribution in [2.75, 3.05) is 33.0 Å². The van der Waals surface area contributed by atoms with E-state index in [9.17, 15) is 40.5 Å². The molecule has 7 N–H and O–H groups in total. The number of aliphatic hydroxyl groups is 7. The number of rotatable bonds is 45. The quantitative estimate of drug-likeness (QED) is 0.0172. The summed E-state index contributed by atoms with van der Waals surface area (Å²) in [6, 6.07) is 0. The predicted molar refractivity (Wildman–Crippen MR) is 266 cm³/mol. The highest BCUT2D eigenvalue weighted by atomic mass is 16.7. The Labute approximate surface area is 412 Å². The van der Waals surface area contributed by atoms with Crippen LogP contribution in [0, 0.1) is 0 Å². The molecule has 0 aromatic carbocycles. The molecule has 14 heteroatoms. The average Bonchev–Trinajstić information content (AvgIpc) is 3.33. The molecule has 0 saturated carbocycles. The van der Waals surface area contributed by atoms with Crippen molar-refractivity contribution < 1.29 is 69.0 Å². The Morgan fingerprint density at radius 2 is 0.897 bits per heavy atom. The van der Waals surface area contributed by atoms with Crippen LogP contribution in [0.4, 0.5) is 0 Å². The minimum absolute atomic E-state index is 0.0624. The maximum absolute atomic E-state index is 13.0. The molecule has 0 aromatic heterocycles. The molecule has 14 nitrogen and oxygen atoms in total. The minimum atomic E-state index is -1.70. The number of allylic oxidation sites excluding steroid dienone is 2. The smallest absolute Gasteiger partial charge is 0.306 e. The summed E-state index contributed by atoms with van der Waals surface area (Å²) in [5.41, 5.74) is 0. The van der Waals surface area contributed by atoms with E-state index in [0.29, 0.717) is 13.0 Å². The number of esters is 1. The summed E-state index contributed by atoms with van der Waals surface area (Å²) in [5, 5.41) is 72.1.